The summed E-state index contributed by atoms with van der Waals surface area (Å²) in [5.74, 6) is 3.70. The third kappa shape index (κ3) is 10.5. The molecule has 11 heteroatoms. The Morgan fingerprint density at radius 3 is 1.11 bits per heavy atom. The number of furan rings is 2. The van der Waals surface area contributed by atoms with E-state index in [1.807, 2.05) is 109 Å². The van der Waals surface area contributed by atoms with E-state index in [9.17, 15) is 0 Å². The van der Waals surface area contributed by atoms with Crippen LogP contribution in [-0.2, 0) is 0 Å². The Morgan fingerprint density at radius 2 is 0.568 bits per heavy atom. The molecule has 518 valence electrons. The molecule has 0 spiro atoms. The molecular formula is C100H61N9O2. The molecule has 23 rings (SSSR count). The minimum absolute atomic E-state index is 0.560. The molecule has 7 aromatic heterocycles. The predicted molar refractivity (Wildman–Crippen MR) is 453 cm³/mol. The van der Waals surface area contributed by atoms with Gasteiger partial charge in [0.25, 0.3) is 0 Å². The lowest BCUT2D eigenvalue weighted by Gasteiger charge is -2.15. The highest BCUT2D eigenvalue weighted by molar-refractivity contribution is 6.18. The van der Waals surface area contributed by atoms with Crippen LogP contribution >= 0.6 is 0 Å². The van der Waals surface area contributed by atoms with Crippen molar-refractivity contribution in [2.24, 2.45) is 0 Å². The Labute approximate surface area is 635 Å². The molecule has 0 saturated carbocycles. The molecule has 23 aromatic rings. The number of aromatic nitrogens is 9. The molecule has 0 saturated heterocycles. The Bertz CT molecular complexity index is 7590. The van der Waals surface area contributed by atoms with E-state index in [0.717, 1.165) is 160 Å². The lowest BCUT2D eigenvalue weighted by Crippen LogP contribution is -2.06. The van der Waals surface area contributed by atoms with E-state index >= 15 is 0 Å². The minimum atomic E-state index is 0.560. The first kappa shape index (κ1) is 63.1. The van der Waals surface area contributed by atoms with Crippen molar-refractivity contribution in [1.82, 2.24) is 43.6 Å². The summed E-state index contributed by atoms with van der Waals surface area (Å²) in [5, 5.41) is 13.7. The smallest absolute Gasteiger partial charge is 0.238 e. The molecule has 0 radical (unpaired) electrons. The van der Waals surface area contributed by atoms with E-state index in [-0.39, 0.29) is 0 Å². The summed E-state index contributed by atoms with van der Waals surface area (Å²) in [5.41, 5.74) is 21.6. The third-order valence-electron chi connectivity index (χ3n) is 21.7. The fourth-order valence-electron chi connectivity index (χ4n) is 16.7. The number of nitrogens with zero attached hydrogens (tertiary/aromatic N) is 9. The topological polar surface area (TPSA) is 118 Å². The quantitative estimate of drug-likeness (QED) is 0.133. The van der Waals surface area contributed by atoms with Gasteiger partial charge in [-0.3, -0.25) is 4.57 Å². The van der Waals surface area contributed by atoms with Gasteiger partial charge in [0.2, 0.25) is 5.95 Å². The minimum Gasteiger partial charge on any atom is -0.456 e. The number of rotatable bonds is 10. The molecule has 0 atom stereocenters. The normalized spacial score (nSPS) is 11.8. The van der Waals surface area contributed by atoms with Gasteiger partial charge in [-0.15, -0.1) is 0 Å². The van der Waals surface area contributed by atoms with Crippen LogP contribution in [0, 0.1) is 0 Å². The summed E-state index contributed by atoms with van der Waals surface area (Å²) in [6.45, 7) is 0. The van der Waals surface area contributed by atoms with E-state index < -0.39 is 0 Å². The van der Waals surface area contributed by atoms with Crippen LogP contribution in [0.3, 0.4) is 0 Å². The van der Waals surface area contributed by atoms with Crippen molar-refractivity contribution < 1.29 is 8.83 Å². The van der Waals surface area contributed by atoms with Crippen LogP contribution < -0.4 is 0 Å². The largest absolute Gasteiger partial charge is 0.456 e. The van der Waals surface area contributed by atoms with Crippen LogP contribution in [0.4, 0.5) is 0 Å². The Balaban J connectivity index is 0.000000137. The molecule has 0 unspecified atom stereocenters. The SMILES string of the molecule is c1ccc(-c2nc(-c3ccc4c5ccccc5n(-c5ccccc5)c4c3)nc(-n3c4ccccc4c4cc(-c5cccc6oc7ccccc7c56)ccc43)n2)cc1.c1ccc(-c2nc(-c3ccccc3)nc(-c3ccc(-n4c5ccccc5c5cc(-c6cccc7oc8ccccc8c67)ccc54)c4ccccc34)n2)cc1. The van der Waals surface area contributed by atoms with Gasteiger partial charge >= 0.3 is 0 Å². The second kappa shape index (κ2) is 25.8. The lowest BCUT2D eigenvalue weighted by molar-refractivity contribution is 0.668. The molecule has 111 heavy (non-hydrogen) atoms. The van der Waals surface area contributed by atoms with E-state index in [2.05, 4.69) is 275 Å². The molecule has 0 aliphatic heterocycles. The van der Waals surface area contributed by atoms with Crippen molar-refractivity contribution in [1.29, 1.82) is 0 Å². The molecule has 0 fully saturated rings. The summed E-state index contributed by atoms with van der Waals surface area (Å²) in [6, 6.07) is 129. The molecule has 16 aromatic carbocycles. The highest BCUT2D eigenvalue weighted by Crippen LogP contribution is 2.45. The van der Waals surface area contributed by atoms with Crippen LogP contribution in [-0.4, -0.2) is 43.6 Å². The maximum atomic E-state index is 6.27. The summed E-state index contributed by atoms with van der Waals surface area (Å²) in [4.78, 5) is 30.8. The van der Waals surface area contributed by atoms with E-state index in [1.54, 1.807) is 0 Å². The molecule has 0 amide bonds. The Morgan fingerprint density at radius 1 is 0.189 bits per heavy atom. The van der Waals surface area contributed by atoms with Crippen molar-refractivity contribution in [2.75, 3.05) is 0 Å². The van der Waals surface area contributed by atoms with Crippen LogP contribution in [0.15, 0.2) is 379 Å². The maximum absolute atomic E-state index is 6.27. The van der Waals surface area contributed by atoms with Gasteiger partial charge in [-0.05, 0) is 125 Å². The van der Waals surface area contributed by atoms with Gasteiger partial charge in [0.1, 0.15) is 22.3 Å². The number of para-hydroxylation sites is 6. The third-order valence-corrected chi connectivity index (χ3v) is 21.7. The summed E-state index contributed by atoms with van der Waals surface area (Å²) < 4.78 is 19.4. The summed E-state index contributed by atoms with van der Waals surface area (Å²) >= 11 is 0. The van der Waals surface area contributed by atoms with Gasteiger partial charge in [-0.2, -0.15) is 9.97 Å². The zero-order valence-corrected chi connectivity index (χ0v) is 59.6. The zero-order valence-electron chi connectivity index (χ0n) is 59.6. The highest BCUT2D eigenvalue weighted by atomic mass is 16.3. The summed E-state index contributed by atoms with van der Waals surface area (Å²) in [6.07, 6.45) is 0. The second-order valence-electron chi connectivity index (χ2n) is 28.0. The van der Waals surface area contributed by atoms with Crippen molar-refractivity contribution in [2.45, 2.75) is 0 Å². The molecule has 0 bridgehead atoms. The average Bonchev–Trinajstić information content (AvgIpc) is 1.60. The fourth-order valence-corrected chi connectivity index (χ4v) is 16.7. The number of hydrogen-bond donors (Lipinski definition) is 0. The highest BCUT2D eigenvalue weighted by Gasteiger charge is 2.25. The Hall–Kier alpha value is -15.2. The van der Waals surface area contributed by atoms with Gasteiger partial charge in [0.05, 0.1) is 38.8 Å². The predicted octanol–water partition coefficient (Wildman–Crippen LogP) is 25.7. The molecular weight excluding hydrogens is 1360 g/mol. The lowest BCUT2D eigenvalue weighted by atomic mass is 9.98. The Kier molecular flexibility index (Phi) is 14.7. The maximum Gasteiger partial charge on any atom is 0.238 e. The van der Waals surface area contributed by atoms with E-state index in [0.29, 0.717) is 35.1 Å². The van der Waals surface area contributed by atoms with Crippen molar-refractivity contribution in [3.8, 4) is 96.5 Å². The van der Waals surface area contributed by atoms with Gasteiger partial charge < -0.3 is 18.0 Å². The first-order valence-corrected chi connectivity index (χ1v) is 37.2. The first-order valence-electron chi connectivity index (χ1n) is 37.2. The van der Waals surface area contributed by atoms with Crippen LogP contribution in [0.1, 0.15) is 0 Å². The molecule has 0 aliphatic rings. The van der Waals surface area contributed by atoms with Crippen LogP contribution in [0.5, 0.6) is 0 Å². The first-order chi connectivity index (χ1) is 55.0. The summed E-state index contributed by atoms with van der Waals surface area (Å²) in [7, 11) is 0. The standard InChI is InChI=1S/C51H31N5O.C49H30N4O/c1-3-14-32(15-4-1)49-52-50(34-26-28-39-37-18-7-10-22-42(37)55(45(39)31-34)35-16-5-2-6-17-35)54-51(53-49)56-43-23-11-8-19-38(43)41-30-33(27-29-44(41)56)36-21-13-25-47-48(36)40-20-9-12-24-46(40)57-47;1-3-14-31(15-4-1)47-50-48(32-16-5-2-6-17-32)52-49(51-47)38-27-29-42(36-19-8-7-18-35(36)38)53-41-23-11-9-20-37(41)40-30-33(26-28-43(40)53)34-22-13-25-45-46(34)39-21-10-12-24-44(39)54-45/h1-31H;1-30H. The molecule has 11 nitrogen and oxygen atoms in total. The van der Waals surface area contributed by atoms with Crippen molar-refractivity contribution in [3.05, 3.63) is 370 Å². The van der Waals surface area contributed by atoms with Crippen LogP contribution in [0.25, 0.3) is 217 Å². The number of hydrogen-bond acceptors (Lipinski definition) is 8. The van der Waals surface area contributed by atoms with Crippen LogP contribution in [0.2, 0.25) is 0 Å². The molecule has 0 N–H and O–H groups in total. The average molecular weight is 1420 g/mol. The number of fused-ring (bicyclic) bond motifs is 16. The van der Waals surface area contributed by atoms with Gasteiger partial charge in [-0.25, -0.2) is 19.9 Å². The monoisotopic (exact) mass is 1420 g/mol. The van der Waals surface area contributed by atoms with E-state index in [1.165, 1.54) is 21.5 Å². The zero-order chi connectivity index (χ0) is 73.0. The molecule has 0 aliphatic carbocycles. The van der Waals surface area contributed by atoms with Crippen molar-refractivity contribution in [3.63, 3.8) is 0 Å². The molecule has 7 heterocycles. The van der Waals surface area contributed by atoms with Gasteiger partial charge in [0, 0.05) is 92.8 Å². The van der Waals surface area contributed by atoms with E-state index in [4.69, 9.17) is 38.7 Å². The van der Waals surface area contributed by atoms with Crippen molar-refractivity contribution >= 4 is 120 Å². The van der Waals surface area contributed by atoms with Gasteiger partial charge in [-0.1, -0.05) is 273 Å². The second-order valence-corrected chi connectivity index (χ2v) is 28.0. The number of benzene rings is 16. The van der Waals surface area contributed by atoms with Gasteiger partial charge in [0.15, 0.2) is 29.1 Å². The fraction of sp³-hybridized carbons (Fsp3) is 0.